The number of benzene rings is 1. The normalized spacial score (nSPS) is 10.5. The molecule has 1 N–H and O–H groups in total. The van der Waals surface area contributed by atoms with Crippen molar-refractivity contribution in [3.8, 4) is 17.0 Å². The molecule has 0 atom stereocenters. The number of amides is 1. The first-order valence-corrected chi connectivity index (χ1v) is 8.09. The summed E-state index contributed by atoms with van der Waals surface area (Å²) in [4.78, 5) is 16.3. The zero-order valence-corrected chi connectivity index (χ0v) is 14.3. The van der Waals surface area contributed by atoms with Crippen molar-refractivity contribution < 1.29 is 9.53 Å². The lowest BCUT2D eigenvalue weighted by Crippen LogP contribution is -2.22. The zero-order chi connectivity index (χ0) is 17.6. The summed E-state index contributed by atoms with van der Waals surface area (Å²) < 4.78 is 7.01. The molecule has 1 amide bonds. The van der Waals surface area contributed by atoms with E-state index in [0.29, 0.717) is 18.7 Å². The lowest BCUT2D eigenvalue weighted by molar-refractivity contribution is 0.0955. The molecular formula is C19H20N4O2. The third kappa shape index (κ3) is 4.03. The van der Waals surface area contributed by atoms with Crippen LogP contribution in [-0.2, 0) is 6.54 Å². The first kappa shape index (κ1) is 16.7. The Balaban J connectivity index is 1.76. The Bertz CT molecular complexity index is 856. The fourth-order valence-electron chi connectivity index (χ4n) is 2.49. The quantitative estimate of drug-likeness (QED) is 0.751. The molecule has 0 bridgehead atoms. The number of carbonyl (C=O) groups excluding carboxylic acids is 1. The average molecular weight is 336 g/mol. The number of aromatic nitrogens is 3. The molecule has 2 aromatic heterocycles. The second kappa shape index (κ2) is 7.61. The molecule has 0 aliphatic rings. The SMILES string of the molecule is CCNC(=O)c1ccnc(-c2cnn(Cc3ccc(OC)cc3)c2)c1. The molecule has 6 heteroatoms. The van der Waals surface area contributed by atoms with E-state index in [1.165, 1.54) is 0 Å². The predicted octanol–water partition coefficient (Wildman–Crippen LogP) is 2.75. The first-order valence-electron chi connectivity index (χ1n) is 8.09. The van der Waals surface area contributed by atoms with Gasteiger partial charge in [0.1, 0.15) is 5.75 Å². The van der Waals surface area contributed by atoms with E-state index in [4.69, 9.17) is 4.74 Å². The van der Waals surface area contributed by atoms with Crippen molar-refractivity contribution in [2.45, 2.75) is 13.5 Å². The molecule has 3 aromatic rings. The molecule has 6 nitrogen and oxygen atoms in total. The monoisotopic (exact) mass is 336 g/mol. The van der Waals surface area contributed by atoms with Crippen LogP contribution in [-0.4, -0.2) is 34.3 Å². The minimum atomic E-state index is -0.100. The molecule has 0 radical (unpaired) electrons. The van der Waals surface area contributed by atoms with Gasteiger partial charge in [-0.2, -0.15) is 5.10 Å². The Labute approximate surface area is 146 Å². The topological polar surface area (TPSA) is 69.0 Å². The molecule has 3 rings (SSSR count). The van der Waals surface area contributed by atoms with Crippen molar-refractivity contribution in [3.05, 3.63) is 66.1 Å². The van der Waals surface area contributed by atoms with E-state index in [2.05, 4.69) is 15.4 Å². The van der Waals surface area contributed by atoms with Gasteiger partial charge in [0.05, 0.1) is 25.5 Å². The summed E-state index contributed by atoms with van der Waals surface area (Å²) in [5.74, 6) is 0.730. The van der Waals surface area contributed by atoms with Crippen LogP contribution in [0.1, 0.15) is 22.8 Å². The number of hydrogen-bond donors (Lipinski definition) is 1. The Morgan fingerprint density at radius 1 is 1.24 bits per heavy atom. The largest absolute Gasteiger partial charge is 0.497 e. The maximum Gasteiger partial charge on any atom is 0.251 e. The first-order chi connectivity index (χ1) is 12.2. The second-order valence-corrected chi connectivity index (χ2v) is 5.56. The number of ether oxygens (including phenoxy) is 1. The molecule has 0 fully saturated rings. The third-order valence-corrected chi connectivity index (χ3v) is 3.79. The molecule has 0 unspecified atom stereocenters. The average Bonchev–Trinajstić information content (AvgIpc) is 3.11. The maximum atomic E-state index is 12.0. The molecule has 0 spiro atoms. The molecule has 25 heavy (non-hydrogen) atoms. The van der Waals surface area contributed by atoms with E-state index in [9.17, 15) is 4.79 Å². The summed E-state index contributed by atoms with van der Waals surface area (Å²) in [6.45, 7) is 3.14. The standard InChI is InChI=1S/C19H20N4O2/c1-3-20-19(24)15-8-9-21-18(10-15)16-11-22-23(13-16)12-14-4-6-17(25-2)7-5-14/h4-11,13H,3,12H2,1-2H3,(H,20,24). The smallest absolute Gasteiger partial charge is 0.251 e. The number of pyridine rings is 1. The van der Waals surface area contributed by atoms with Crippen LogP contribution in [0.15, 0.2) is 55.0 Å². The van der Waals surface area contributed by atoms with Crippen molar-refractivity contribution in [1.82, 2.24) is 20.1 Å². The lowest BCUT2D eigenvalue weighted by atomic mass is 10.1. The van der Waals surface area contributed by atoms with Crippen molar-refractivity contribution >= 4 is 5.91 Å². The summed E-state index contributed by atoms with van der Waals surface area (Å²) in [6, 6.07) is 11.4. The summed E-state index contributed by atoms with van der Waals surface area (Å²) in [7, 11) is 1.65. The summed E-state index contributed by atoms with van der Waals surface area (Å²) in [5.41, 5.74) is 3.32. The van der Waals surface area contributed by atoms with Crippen LogP contribution in [0.4, 0.5) is 0 Å². The molecule has 0 aliphatic carbocycles. The van der Waals surface area contributed by atoms with E-state index in [1.807, 2.05) is 42.1 Å². The Morgan fingerprint density at radius 3 is 2.76 bits per heavy atom. The van der Waals surface area contributed by atoms with E-state index < -0.39 is 0 Å². The third-order valence-electron chi connectivity index (χ3n) is 3.79. The second-order valence-electron chi connectivity index (χ2n) is 5.56. The van der Waals surface area contributed by atoms with Gasteiger partial charge in [-0.1, -0.05) is 12.1 Å². The van der Waals surface area contributed by atoms with Gasteiger partial charge in [0.2, 0.25) is 0 Å². The molecule has 0 saturated heterocycles. The van der Waals surface area contributed by atoms with Crippen LogP contribution in [0.25, 0.3) is 11.3 Å². The maximum absolute atomic E-state index is 12.0. The van der Waals surface area contributed by atoms with Gasteiger partial charge in [-0.15, -0.1) is 0 Å². The van der Waals surface area contributed by atoms with E-state index in [-0.39, 0.29) is 5.91 Å². The van der Waals surface area contributed by atoms with Gasteiger partial charge in [-0.05, 0) is 36.8 Å². The minimum absolute atomic E-state index is 0.100. The number of nitrogens with one attached hydrogen (secondary N) is 1. The fourth-order valence-corrected chi connectivity index (χ4v) is 2.49. The number of rotatable bonds is 6. The predicted molar refractivity (Wildman–Crippen MR) is 95.6 cm³/mol. The van der Waals surface area contributed by atoms with Crippen molar-refractivity contribution in [1.29, 1.82) is 0 Å². The Morgan fingerprint density at radius 2 is 2.04 bits per heavy atom. The van der Waals surface area contributed by atoms with E-state index >= 15 is 0 Å². The van der Waals surface area contributed by atoms with Gasteiger partial charge in [-0.25, -0.2) is 0 Å². The highest BCUT2D eigenvalue weighted by molar-refractivity contribution is 5.94. The highest BCUT2D eigenvalue weighted by Crippen LogP contribution is 2.18. The van der Waals surface area contributed by atoms with Gasteiger partial charge in [0.25, 0.3) is 5.91 Å². The lowest BCUT2D eigenvalue weighted by Gasteiger charge is -2.04. The summed E-state index contributed by atoms with van der Waals surface area (Å²) in [6.07, 6.45) is 5.32. The van der Waals surface area contributed by atoms with Crippen LogP contribution >= 0.6 is 0 Å². The van der Waals surface area contributed by atoms with Crippen LogP contribution in [0.3, 0.4) is 0 Å². The highest BCUT2D eigenvalue weighted by atomic mass is 16.5. The van der Waals surface area contributed by atoms with Crippen LogP contribution in [0.5, 0.6) is 5.75 Å². The van der Waals surface area contributed by atoms with Gasteiger partial charge >= 0.3 is 0 Å². The molecular weight excluding hydrogens is 316 g/mol. The molecule has 128 valence electrons. The summed E-state index contributed by atoms with van der Waals surface area (Å²) >= 11 is 0. The molecule has 2 heterocycles. The Kier molecular flexibility index (Phi) is 5.09. The number of nitrogens with zero attached hydrogens (tertiary/aromatic N) is 3. The van der Waals surface area contributed by atoms with Gasteiger partial charge in [-0.3, -0.25) is 14.5 Å². The number of methoxy groups -OCH3 is 1. The van der Waals surface area contributed by atoms with Crippen LogP contribution in [0.2, 0.25) is 0 Å². The molecule has 0 aliphatic heterocycles. The fraction of sp³-hybridized carbons (Fsp3) is 0.211. The van der Waals surface area contributed by atoms with Gasteiger partial charge < -0.3 is 10.1 Å². The van der Waals surface area contributed by atoms with Crippen LogP contribution in [0, 0.1) is 0 Å². The van der Waals surface area contributed by atoms with Crippen molar-refractivity contribution in [2.75, 3.05) is 13.7 Å². The van der Waals surface area contributed by atoms with Gasteiger partial charge in [0.15, 0.2) is 0 Å². The van der Waals surface area contributed by atoms with E-state index in [1.54, 1.807) is 31.6 Å². The Hall–Kier alpha value is -3.15. The van der Waals surface area contributed by atoms with Gasteiger partial charge in [0, 0.05) is 30.1 Å². The molecule has 0 saturated carbocycles. The zero-order valence-electron chi connectivity index (χ0n) is 14.3. The van der Waals surface area contributed by atoms with E-state index in [0.717, 1.165) is 22.6 Å². The molecule has 1 aromatic carbocycles. The summed E-state index contributed by atoms with van der Waals surface area (Å²) in [5, 5.41) is 7.18. The minimum Gasteiger partial charge on any atom is -0.497 e. The van der Waals surface area contributed by atoms with Crippen molar-refractivity contribution in [3.63, 3.8) is 0 Å². The van der Waals surface area contributed by atoms with Crippen LogP contribution < -0.4 is 10.1 Å². The number of carbonyl (C=O) groups is 1. The van der Waals surface area contributed by atoms with Crippen molar-refractivity contribution in [2.24, 2.45) is 0 Å². The number of hydrogen-bond acceptors (Lipinski definition) is 4. The highest BCUT2D eigenvalue weighted by Gasteiger charge is 2.09.